The first-order chi connectivity index (χ1) is 8.06. The molecule has 0 heterocycles. The van der Waals surface area contributed by atoms with Gasteiger partial charge in [-0.3, -0.25) is 4.79 Å². The lowest BCUT2D eigenvalue weighted by atomic mass is 10.1. The summed E-state index contributed by atoms with van der Waals surface area (Å²) in [5.74, 6) is -0.0927. The van der Waals surface area contributed by atoms with E-state index in [1.54, 1.807) is 6.07 Å². The fourth-order valence-corrected chi connectivity index (χ4v) is 2.20. The van der Waals surface area contributed by atoms with E-state index in [4.69, 9.17) is 29.6 Å². The van der Waals surface area contributed by atoms with Crippen molar-refractivity contribution in [2.24, 2.45) is 11.1 Å². The Morgan fingerprint density at radius 2 is 2.12 bits per heavy atom. The SMILES string of the molecule is NC(=S)C1(C(=O)NCc2ccccc2Cl)CC1. The lowest BCUT2D eigenvalue weighted by Crippen LogP contribution is -2.39. The molecule has 1 aliphatic carbocycles. The molecule has 0 aromatic heterocycles. The molecule has 0 bridgehead atoms. The van der Waals surface area contributed by atoms with E-state index in [1.807, 2.05) is 18.2 Å². The zero-order chi connectivity index (χ0) is 12.5. The zero-order valence-electron chi connectivity index (χ0n) is 9.20. The Labute approximate surface area is 110 Å². The summed E-state index contributed by atoms with van der Waals surface area (Å²) in [7, 11) is 0. The molecule has 0 saturated heterocycles. The molecule has 3 nitrogen and oxygen atoms in total. The van der Waals surface area contributed by atoms with Crippen molar-refractivity contribution < 1.29 is 4.79 Å². The molecular weight excluding hydrogens is 256 g/mol. The third-order valence-electron chi connectivity index (χ3n) is 3.05. The maximum atomic E-state index is 11.9. The molecule has 1 fully saturated rings. The number of halogens is 1. The number of nitrogens with two attached hydrogens (primary N) is 1. The van der Waals surface area contributed by atoms with Crippen molar-refractivity contribution in [2.75, 3.05) is 0 Å². The van der Waals surface area contributed by atoms with Crippen LogP contribution in [0.1, 0.15) is 18.4 Å². The molecule has 1 aromatic rings. The van der Waals surface area contributed by atoms with E-state index in [0.29, 0.717) is 11.6 Å². The van der Waals surface area contributed by atoms with Gasteiger partial charge in [-0.1, -0.05) is 42.0 Å². The number of nitrogens with one attached hydrogen (secondary N) is 1. The highest BCUT2D eigenvalue weighted by atomic mass is 35.5. The van der Waals surface area contributed by atoms with Crippen LogP contribution in [0.3, 0.4) is 0 Å². The van der Waals surface area contributed by atoms with Crippen LogP contribution in [0.4, 0.5) is 0 Å². The Morgan fingerprint density at radius 1 is 1.47 bits per heavy atom. The van der Waals surface area contributed by atoms with Crippen molar-refractivity contribution in [3.05, 3.63) is 34.9 Å². The molecule has 0 radical (unpaired) electrons. The zero-order valence-corrected chi connectivity index (χ0v) is 10.8. The molecule has 1 aliphatic rings. The average molecular weight is 269 g/mol. The normalized spacial score (nSPS) is 16.3. The highest BCUT2D eigenvalue weighted by Gasteiger charge is 2.52. The Morgan fingerprint density at radius 3 is 2.65 bits per heavy atom. The van der Waals surface area contributed by atoms with Crippen LogP contribution in [0.25, 0.3) is 0 Å². The number of carbonyl (C=O) groups excluding carboxylic acids is 1. The van der Waals surface area contributed by atoms with Crippen LogP contribution in [0, 0.1) is 5.41 Å². The second kappa shape index (κ2) is 4.63. The highest BCUT2D eigenvalue weighted by molar-refractivity contribution is 7.80. The average Bonchev–Trinajstić information content (AvgIpc) is 3.08. The van der Waals surface area contributed by atoms with Gasteiger partial charge in [-0.2, -0.15) is 0 Å². The number of amides is 1. The summed E-state index contributed by atoms with van der Waals surface area (Å²) in [6.45, 7) is 0.406. The second-order valence-electron chi connectivity index (χ2n) is 4.22. The van der Waals surface area contributed by atoms with Gasteiger partial charge in [-0.25, -0.2) is 0 Å². The Bertz CT molecular complexity index is 471. The first-order valence-electron chi connectivity index (χ1n) is 5.38. The quantitative estimate of drug-likeness (QED) is 0.822. The van der Waals surface area contributed by atoms with Crippen LogP contribution < -0.4 is 11.1 Å². The van der Waals surface area contributed by atoms with Crippen molar-refractivity contribution in [3.8, 4) is 0 Å². The molecule has 17 heavy (non-hydrogen) atoms. The summed E-state index contributed by atoms with van der Waals surface area (Å²) in [5, 5.41) is 3.48. The predicted octanol–water partition coefficient (Wildman–Crippen LogP) is 2.02. The fraction of sp³-hybridized carbons (Fsp3) is 0.333. The Hall–Kier alpha value is -1.13. The molecular formula is C12H13ClN2OS. The van der Waals surface area contributed by atoms with Gasteiger partial charge in [0.25, 0.3) is 0 Å². The Balaban J connectivity index is 1.98. The first-order valence-corrected chi connectivity index (χ1v) is 6.16. The van der Waals surface area contributed by atoms with Gasteiger partial charge in [0.2, 0.25) is 5.91 Å². The molecule has 1 amide bonds. The summed E-state index contributed by atoms with van der Waals surface area (Å²) in [5.41, 5.74) is 5.87. The standard InChI is InChI=1S/C12H13ClN2OS/c13-9-4-2-1-3-8(9)7-15-11(16)12(5-6-12)10(14)17/h1-4H,5-7H2,(H2,14,17)(H,15,16). The summed E-state index contributed by atoms with van der Waals surface area (Å²) in [6, 6.07) is 7.41. The van der Waals surface area contributed by atoms with Crippen molar-refractivity contribution >= 4 is 34.7 Å². The summed E-state index contributed by atoms with van der Waals surface area (Å²) < 4.78 is 0. The van der Waals surface area contributed by atoms with E-state index < -0.39 is 5.41 Å². The highest BCUT2D eigenvalue weighted by Crippen LogP contribution is 2.46. The summed E-state index contributed by atoms with van der Waals surface area (Å²) >= 11 is 10.9. The van der Waals surface area contributed by atoms with E-state index in [0.717, 1.165) is 18.4 Å². The van der Waals surface area contributed by atoms with Gasteiger partial charge in [0.1, 0.15) is 0 Å². The fourth-order valence-electron chi connectivity index (χ4n) is 1.70. The number of benzene rings is 1. The van der Waals surface area contributed by atoms with Crippen LogP contribution in [-0.4, -0.2) is 10.9 Å². The van der Waals surface area contributed by atoms with Crippen LogP contribution in [0.15, 0.2) is 24.3 Å². The molecule has 1 saturated carbocycles. The van der Waals surface area contributed by atoms with Gasteiger partial charge in [-0.15, -0.1) is 0 Å². The van der Waals surface area contributed by atoms with Gasteiger partial charge < -0.3 is 11.1 Å². The predicted molar refractivity (Wildman–Crippen MR) is 71.8 cm³/mol. The van der Waals surface area contributed by atoms with E-state index in [9.17, 15) is 4.79 Å². The van der Waals surface area contributed by atoms with Gasteiger partial charge in [0.15, 0.2) is 0 Å². The van der Waals surface area contributed by atoms with E-state index in [2.05, 4.69) is 5.32 Å². The van der Waals surface area contributed by atoms with Crippen molar-refractivity contribution in [1.82, 2.24) is 5.32 Å². The summed E-state index contributed by atoms with van der Waals surface area (Å²) in [6.07, 6.45) is 1.49. The van der Waals surface area contributed by atoms with Gasteiger partial charge in [-0.05, 0) is 24.5 Å². The molecule has 0 spiro atoms. The van der Waals surface area contributed by atoms with Gasteiger partial charge in [0, 0.05) is 11.6 Å². The lowest BCUT2D eigenvalue weighted by Gasteiger charge is -2.14. The van der Waals surface area contributed by atoms with Crippen molar-refractivity contribution in [2.45, 2.75) is 19.4 Å². The molecule has 1 aromatic carbocycles. The summed E-state index contributed by atoms with van der Waals surface area (Å²) in [4.78, 5) is 12.2. The molecule has 2 rings (SSSR count). The van der Waals surface area contributed by atoms with Crippen LogP contribution >= 0.6 is 23.8 Å². The number of thiocarbonyl (C=S) groups is 1. The molecule has 3 N–H and O–H groups in total. The van der Waals surface area contributed by atoms with Crippen LogP contribution in [0.2, 0.25) is 5.02 Å². The molecule has 0 atom stereocenters. The van der Waals surface area contributed by atoms with Crippen LogP contribution in [0.5, 0.6) is 0 Å². The van der Waals surface area contributed by atoms with Crippen LogP contribution in [-0.2, 0) is 11.3 Å². The minimum Gasteiger partial charge on any atom is -0.392 e. The monoisotopic (exact) mass is 268 g/mol. The molecule has 5 heteroatoms. The number of rotatable bonds is 4. The van der Waals surface area contributed by atoms with E-state index >= 15 is 0 Å². The molecule has 0 unspecified atom stereocenters. The largest absolute Gasteiger partial charge is 0.392 e. The van der Waals surface area contributed by atoms with Gasteiger partial charge in [0.05, 0.1) is 10.4 Å². The number of carbonyl (C=O) groups is 1. The minimum atomic E-state index is -0.601. The van der Waals surface area contributed by atoms with E-state index in [1.165, 1.54) is 0 Å². The van der Waals surface area contributed by atoms with Crippen molar-refractivity contribution in [3.63, 3.8) is 0 Å². The maximum Gasteiger partial charge on any atom is 0.233 e. The third kappa shape index (κ3) is 2.42. The van der Waals surface area contributed by atoms with Gasteiger partial charge >= 0.3 is 0 Å². The van der Waals surface area contributed by atoms with E-state index in [-0.39, 0.29) is 10.9 Å². The number of hydrogen-bond donors (Lipinski definition) is 2. The first kappa shape index (κ1) is 12.3. The topological polar surface area (TPSA) is 55.1 Å². The molecule has 90 valence electrons. The Kier molecular flexibility index (Phi) is 3.35. The smallest absolute Gasteiger partial charge is 0.233 e. The third-order valence-corrected chi connectivity index (χ3v) is 3.81. The maximum absolute atomic E-state index is 11.9. The van der Waals surface area contributed by atoms with Crippen molar-refractivity contribution in [1.29, 1.82) is 0 Å². The minimum absolute atomic E-state index is 0.0927. The second-order valence-corrected chi connectivity index (χ2v) is 5.07. The molecule has 0 aliphatic heterocycles. The lowest BCUT2D eigenvalue weighted by molar-refractivity contribution is -0.124. The number of hydrogen-bond acceptors (Lipinski definition) is 2.